The molecule has 40 heavy (non-hydrogen) atoms. The van der Waals surface area contributed by atoms with Gasteiger partial charge in [-0.05, 0) is 76.0 Å². The molecule has 0 atom stereocenters. The second-order valence-electron chi connectivity index (χ2n) is 10.9. The van der Waals surface area contributed by atoms with Crippen LogP contribution in [0.1, 0.15) is 62.4 Å². The molecular formula is C27H39N7O6. The normalized spacial score (nSPS) is 17.0. The Balaban J connectivity index is 1.51. The van der Waals surface area contributed by atoms with Crippen LogP contribution in [0.3, 0.4) is 0 Å². The van der Waals surface area contributed by atoms with Crippen LogP contribution in [0.2, 0.25) is 0 Å². The number of nitro groups is 1. The lowest BCUT2D eigenvalue weighted by Crippen LogP contribution is -2.36. The van der Waals surface area contributed by atoms with Crippen LogP contribution >= 0.6 is 0 Å². The molecule has 0 unspecified atom stereocenters. The number of carbonyl (C=O) groups excluding carboxylic acids is 2. The molecule has 0 spiro atoms. The molecule has 5 N–H and O–H groups in total. The Bertz CT molecular complexity index is 1160. The van der Waals surface area contributed by atoms with E-state index in [1.54, 1.807) is 18.2 Å². The summed E-state index contributed by atoms with van der Waals surface area (Å²) in [6, 6.07) is 6.96. The van der Waals surface area contributed by atoms with Crippen molar-refractivity contribution < 1.29 is 24.4 Å². The highest BCUT2D eigenvalue weighted by Gasteiger charge is 2.24. The molecule has 0 aliphatic heterocycles. The maximum absolute atomic E-state index is 12.1. The quantitative estimate of drug-likeness (QED) is 0.191. The van der Waals surface area contributed by atoms with Crippen LogP contribution in [0.4, 0.5) is 22.2 Å². The highest BCUT2D eigenvalue weighted by Crippen LogP contribution is 2.30. The standard InChI is InChI=1S/C27H39N7O6/c1-27(2,3)40-26(37)32-15-19-9-7-18(8-10-19)14-29-23-22(34(38)39)17-31-25(33-23)30-16-20-5-4-6-21(13-20)24(36)28-11-12-35/h4-6,13,17-19,35H,7-12,14-16H2,1-3H3,(H,28,36)(H,32,37)(H2,29,30,31,33). The number of aromatic nitrogens is 2. The largest absolute Gasteiger partial charge is 0.444 e. The van der Waals surface area contributed by atoms with Gasteiger partial charge in [0.05, 0.1) is 11.5 Å². The van der Waals surface area contributed by atoms with Crippen LogP contribution in [-0.2, 0) is 11.3 Å². The number of nitrogens with zero attached hydrogens (tertiary/aromatic N) is 3. The zero-order valence-corrected chi connectivity index (χ0v) is 23.2. The van der Waals surface area contributed by atoms with Crippen molar-refractivity contribution in [1.82, 2.24) is 20.6 Å². The van der Waals surface area contributed by atoms with Gasteiger partial charge in [0, 0.05) is 31.7 Å². The molecule has 3 rings (SSSR count). The Kier molecular flexibility index (Phi) is 11.0. The third-order valence-corrected chi connectivity index (χ3v) is 6.46. The van der Waals surface area contributed by atoms with Gasteiger partial charge in [0.2, 0.25) is 11.8 Å². The third-order valence-electron chi connectivity index (χ3n) is 6.46. The fourth-order valence-electron chi connectivity index (χ4n) is 4.42. The topological polar surface area (TPSA) is 181 Å². The second kappa shape index (κ2) is 14.4. The Morgan fingerprint density at radius 1 is 1.10 bits per heavy atom. The van der Waals surface area contributed by atoms with Crippen molar-refractivity contribution in [2.75, 3.05) is 36.9 Å². The van der Waals surface area contributed by atoms with Crippen LogP contribution in [0.25, 0.3) is 0 Å². The number of rotatable bonds is 12. The summed E-state index contributed by atoms with van der Waals surface area (Å²) in [6.45, 7) is 6.92. The monoisotopic (exact) mass is 557 g/mol. The van der Waals surface area contributed by atoms with Gasteiger partial charge in [0.15, 0.2) is 0 Å². The first kappa shape index (κ1) is 30.5. The zero-order chi connectivity index (χ0) is 29.1. The number of amides is 2. The van der Waals surface area contributed by atoms with Gasteiger partial charge < -0.3 is 31.1 Å². The molecule has 13 nitrogen and oxygen atoms in total. The maximum atomic E-state index is 12.1. The van der Waals surface area contributed by atoms with E-state index >= 15 is 0 Å². The number of nitrogens with one attached hydrogen (secondary N) is 4. The van der Waals surface area contributed by atoms with E-state index in [9.17, 15) is 19.7 Å². The van der Waals surface area contributed by atoms with Gasteiger partial charge in [0.1, 0.15) is 11.8 Å². The van der Waals surface area contributed by atoms with Crippen molar-refractivity contribution in [1.29, 1.82) is 0 Å². The first-order chi connectivity index (χ1) is 19.0. The highest BCUT2D eigenvalue weighted by molar-refractivity contribution is 5.94. The summed E-state index contributed by atoms with van der Waals surface area (Å²) >= 11 is 0. The molecule has 1 heterocycles. The van der Waals surface area contributed by atoms with Gasteiger partial charge in [-0.15, -0.1) is 0 Å². The summed E-state index contributed by atoms with van der Waals surface area (Å²) in [5, 5.41) is 32.1. The number of ether oxygens (including phenoxy) is 1. The molecular weight excluding hydrogens is 518 g/mol. The van der Waals surface area contributed by atoms with E-state index < -0.39 is 16.6 Å². The molecule has 0 bridgehead atoms. The highest BCUT2D eigenvalue weighted by atomic mass is 16.6. The first-order valence-corrected chi connectivity index (χ1v) is 13.5. The molecule has 2 amide bonds. The number of alkyl carbamates (subject to hydrolysis) is 1. The van der Waals surface area contributed by atoms with E-state index in [0.29, 0.717) is 37.0 Å². The molecule has 1 aromatic carbocycles. The number of carbonyl (C=O) groups is 2. The Morgan fingerprint density at radius 3 is 2.45 bits per heavy atom. The number of benzene rings is 1. The van der Waals surface area contributed by atoms with Crippen LogP contribution < -0.4 is 21.3 Å². The lowest BCUT2D eigenvalue weighted by Gasteiger charge is -2.29. The summed E-state index contributed by atoms with van der Waals surface area (Å²) in [5.74, 6) is 0.770. The molecule has 13 heteroatoms. The molecule has 1 fully saturated rings. The summed E-state index contributed by atoms with van der Waals surface area (Å²) in [7, 11) is 0. The van der Waals surface area contributed by atoms with Crippen molar-refractivity contribution in [3.05, 3.63) is 51.7 Å². The zero-order valence-electron chi connectivity index (χ0n) is 23.2. The molecule has 218 valence electrons. The van der Waals surface area contributed by atoms with Gasteiger partial charge >= 0.3 is 11.8 Å². The second-order valence-corrected chi connectivity index (χ2v) is 10.9. The number of hydrogen-bond donors (Lipinski definition) is 5. The Hall–Kier alpha value is -4.00. The van der Waals surface area contributed by atoms with E-state index in [1.807, 2.05) is 26.8 Å². The number of anilines is 2. The van der Waals surface area contributed by atoms with Crippen molar-refractivity contribution >= 4 is 29.5 Å². The molecule has 1 saturated carbocycles. The average Bonchev–Trinajstić information content (AvgIpc) is 2.92. The van der Waals surface area contributed by atoms with Crippen molar-refractivity contribution in [3.8, 4) is 0 Å². The van der Waals surface area contributed by atoms with E-state index in [4.69, 9.17) is 9.84 Å². The predicted molar refractivity (Wildman–Crippen MR) is 150 cm³/mol. The van der Waals surface area contributed by atoms with E-state index in [-0.39, 0.29) is 36.5 Å². The van der Waals surface area contributed by atoms with Crippen LogP contribution in [0.5, 0.6) is 0 Å². The summed E-state index contributed by atoms with van der Waals surface area (Å²) in [5.41, 5.74) is 0.515. The van der Waals surface area contributed by atoms with Gasteiger partial charge in [-0.3, -0.25) is 14.9 Å². The van der Waals surface area contributed by atoms with Gasteiger partial charge in [-0.2, -0.15) is 4.98 Å². The number of aliphatic hydroxyl groups is 1. The molecule has 1 aromatic heterocycles. The smallest absolute Gasteiger partial charge is 0.407 e. The lowest BCUT2D eigenvalue weighted by atomic mass is 9.82. The fourth-order valence-corrected chi connectivity index (χ4v) is 4.42. The molecule has 0 radical (unpaired) electrons. The Labute approximate surface area is 233 Å². The van der Waals surface area contributed by atoms with E-state index in [0.717, 1.165) is 31.2 Å². The van der Waals surface area contributed by atoms with Gasteiger partial charge in [0.25, 0.3) is 5.91 Å². The number of hydrogen-bond acceptors (Lipinski definition) is 10. The molecule has 0 saturated heterocycles. The van der Waals surface area contributed by atoms with Crippen LogP contribution in [-0.4, -0.2) is 63.8 Å². The first-order valence-electron chi connectivity index (χ1n) is 13.5. The lowest BCUT2D eigenvalue weighted by molar-refractivity contribution is -0.384. The summed E-state index contributed by atoms with van der Waals surface area (Å²) in [4.78, 5) is 43.5. The molecule has 2 aromatic rings. The van der Waals surface area contributed by atoms with Gasteiger partial charge in [-0.1, -0.05) is 12.1 Å². The predicted octanol–water partition coefficient (Wildman–Crippen LogP) is 3.46. The van der Waals surface area contributed by atoms with Crippen LogP contribution in [0.15, 0.2) is 30.5 Å². The Morgan fingerprint density at radius 2 is 1.80 bits per heavy atom. The minimum absolute atomic E-state index is 0.143. The molecule has 1 aliphatic rings. The average molecular weight is 558 g/mol. The van der Waals surface area contributed by atoms with E-state index in [1.165, 1.54) is 6.20 Å². The minimum atomic E-state index is -0.531. The third kappa shape index (κ3) is 9.95. The van der Waals surface area contributed by atoms with Crippen molar-refractivity contribution in [2.45, 2.75) is 58.6 Å². The van der Waals surface area contributed by atoms with E-state index in [2.05, 4.69) is 31.2 Å². The summed E-state index contributed by atoms with van der Waals surface area (Å²) < 4.78 is 5.29. The van der Waals surface area contributed by atoms with Crippen LogP contribution in [0, 0.1) is 22.0 Å². The maximum Gasteiger partial charge on any atom is 0.407 e. The number of aliphatic hydroxyl groups excluding tert-OH is 1. The summed E-state index contributed by atoms with van der Waals surface area (Å²) in [6.07, 6.45) is 4.51. The fraction of sp³-hybridized carbons (Fsp3) is 0.556. The van der Waals surface area contributed by atoms with Gasteiger partial charge in [-0.25, -0.2) is 9.78 Å². The van der Waals surface area contributed by atoms with Crippen molar-refractivity contribution in [3.63, 3.8) is 0 Å². The minimum Gasteiger partial charge on any atom is -0.444 e. The van der Waals surface area contributed by atoms with Crippen molar-refractivity contribution in [2.24, 2.45) is 11.8 Å². The molecule has 1 aliphatic carbocycles. The SMILES string of the molecule is CC(C)(C)OC(=O)NCC1CCC(CNc2nc(NCc3cccc(C(=O)NCCO)c3)ncc2[N+](=O)[O-])CC1.